The molecule has 0 amide bonds. The average Bonchev–Trinajstić information content (AvgIpc) is 1.65. The summed E-state index contributed by atoms with van der Waals surface area (Å²) in [5.74, 6) is -6.26. The summed E-state index contributed by atoms with van der Waals surface area (Å²) in [5.41, 5.74) is 0. The topological polar surface area (TPSA) is 60.4 Å². The van der Waals surface area contributed by atoms with Crippen LogP contribution in [0.2, 0.25) is 0 Å². The van der Waals surface area contributed by atoms with E-state index in [9.17, 15) is 14.3 Å². The van der Waals surface area contributed by atoms with Gasteiger partial charge >= 0.3 is 0 Å². The van der Waals surface area contributed by atoms with Crippen LogP contribution in [0.4, 0.5) is 4.39 Å². The molecule has 0 rings (SSSR count). The van der Waals surface area contributed by atoms with E-state index in [0.29, 0.717) is 0 Å². The summed E-state index contributed by atoms with van der Waals surface area (Å²) in [6.07, 6.45) is 0. The van der Waals surface area contributed by atoms with Crippen molar-refractivity contribution in [1.82, 2.24) is 0 Å². The Balaban J connectivity index is 4.19. The van der Waals surface area contributed by atoms with Crippen LogP contribution in [0, 0.1) is 5.92 Å². The van der Waals surface area contributed by atoms with Gasteiger partial charge in [-0.2, -0.15) is 0 Å². The molecule has 9 heavy (non-hydrogen) atoms. The second kappa shape index (κ2) is 2.31. The number of carbonyl (C=O) groups excluding carboxylic acids is 1. The molecule has 0 radical (unpaired) electrons. The number of hydrogen-bond donors (Lipinski definition) is 1. The Labute approximate surface area is 52.1 Å². The van der Waals surface area contributed by atoms with E-state index in [1.54, 1.807) is 0 Å². The van der Waals surface area contributed by atoms with Gasteiger partial charge in [-0.3, -0.25) is 0 Å². The van der Waals surface area contributed by atoms with Crippen LogP contribution >= 0.6 is 0 Å². The number of carboxylic acids is 1. The van der Waals surface area contributed by atoms with E-state index in [-0.39, 0.29) is 0 Å². The summed E-state index contributed by atoms with van der Waals surface area (Å²) >= 11 is 0. The van der Waals surface area contributed by atoms with E-state index in [1.807, 2.05) is 0 Å². The summed E-state index contributed by atoms with van der Waals surface area (Å²) in [5, 5.41) is 18.1. The summed E-state index contributed by atoms with van der Waals surface area (Å²) in [7, 11) is 0. The van der Waals surface area contributed by atoms with Crippen molar-refractivity contribution in [3.63, 3.8) is 0 Å². The van der Waals surface area contributed by atoms with Crippen LogP contribution in [0.1, 0.15) is 13.8 Å². The van der Waals surface area contributed by atoms with Gasteiger partial charge in [0.05, 0.1) is 0 Å². The van der Waals surface area contributed by atoms with Gasteiger partial charge in [-0.1, -0.05) is 13.8 Å². The number of alkyl halides is 1. The van der Waals surface area contributed by atoms with Crippen molar-refractivity contribution in [2.45, 2.75) is 19.7 Å². The smallest absolute Gasteiger partial charge is 0.249 e. The minimum absolute atomic E-state index is 0.984. The monoisotopic (exact) mass is 135 g/mol. The Hall–Kier alpha value is -0.640. The number of halogens is 1. The van der Waals surface area contributed by atoms with Crippen molar-refractivity contribution >= 4 is 5.97 Å². The molecule has 1 atom stereocenters. The molecule has 1 N–H and O–H groups in total. The SMILES string of the molecule is CC(C)C(O)(F)C(=O)[O-]. The van der Waals surface area contributed by atoms with Gasteiger partial charge in [0, 0.05) is 5.92 Å². The van der Waals surface area contributed by atoms with Gasteiger partial charge < -0.3 is 15.0 Å². The van der Waals surface area contributed by atoms with E-state index >= 15 is 0 Å². The lowest BCUT2D eigenvalue weighted by Gasteiger charge is -2.23. The Morgan fingerprint density at radius 3 is 2.11 bits per heavy atom. The van der Waals surface area contributed by atoms with Crippen LogP contribution in [0.3, 0.4) is 0 Å². The van der Waals surface area contributed by atoms with E-state index in [0.717, 1.165) is 0 Å². The van der Waals surface area contributed by atoms with Crippen molar-refractivity contribution in [1.29, 1.82) is 0 Å². The highest BCUT2D eigenvalue weighted by atomic mass is 19.2. The Morgan fingerprint density at radius 2 is 2.11 bits per heavy atom. The van der Waals surface area contributed by atoms with Crippen LogP contribution in [0.5, 0.6) is 0 Å². The minimum atomic E-state index is -3.19. The summed E-state index contributed by atoms with van der Waals surface area (Å²) in [6, 6.07) is 0. The highest BCUT2D eigenvalue weighted by Crippen LogP contribution is 2.16. The number of aliphatic hydroxyl groups is 1. The first-order valence-electron chi connectivity index (χ1n) is 2.51. The quantitative estimate of drug-likeness (QED) is 0.531. The maximum Gasteiger partial charge on any atom is 0.249 e. The average molecular weight is 135 g/mol. The van der Waals surface area contributed by atoms with Gasteiger partial charge in [0.1, 0.15) is 5.97 Å². The van der Waals surface area contributed by atoms with Crippen LogP contribution < -0.4 is 5.11 Å². The van der Waals surface area contributed by atoms with Gasteiger partial charge in [-0.15, -0.1) is 0 Å². The van der Waals surface area contributed by atoms with Crippen molar-refractivity contribution in [2.24, 2.45) is 5.92 Å². The van der Waals surface area contributed by atoms with E-state index in [2.05, 4.69) is 0 Å². The number of rotatable bonds is 2. The second-order valence-corrected chi connectivity index (χ2v) is 2.12. The highest BCUT2D eigenvalue weighted by Gasteiger charge is 2.31. The van der Waals surface area contributed by atoms with Gasteiger partial charge in [-0.05, 0) is 0 Å². The second-order valence-electron chi connectivity index (χ2n) is 2.12. The highest BCUT2D eigenvalue weighted by molar-refractivity contribution is 5.73. The van der Waals surface area contributed by atoms with Gasteiger partial charge in [0.15, 0.2) is 0 Å². The zero-order chi connectivity index (χ0) is 7.65. The summed E-state index contributed by atoms with van der Waals surface area (Å²) in [6.45, 7) is 2.49. The van der Waals surface area contributed by atoms with Crippen LogP contribution in [0.15, 0.2) is 0 Å². The number of carbonyl (C=O) groups is 1. The Morgan fingerprint density at radius 1 is 1.78 bits per heavy atom. The Kier molecular flexibility index (Phi) is 2.14. The maximum absolute atomic E-state index is 12.2. The molecule has 0 saturated carbocycles. The molecule has 0 heterocycles. The third-order valence-corrected chi connectivity index (χ3v) is 1.05. The molecule has 54 valence electrons. The van der Waals surface area contributed by atoms with Crippen molar-refractivity contribution in [2.75, 3.05) is 0 Å². The molecule has 0 aliphatic carbocycles. The molecule has 3 nitrogen and oxygen atoms in total. The molecule has 1 unspecified atom stereocenters. The molecule has 0 aromatic rings. The summed E-state index contributed by atoms with van der Waals surface area (Å²) in [4.78, 5) is 9.73. The standard InChI is InChI=1S/C5H9FO3/c1-3(2)5(6,9)4(7)8/h3,9H,1-2H3,(H,7,8)/p-1. The molecule has 0 aromatic carbocycles. The van der Waals surface area contributed by atoms with E-state index in [1.165, 1.54) is 13.8 Å². The molecule has 0 saturated heterocycles. The molecule has 0 spiro atoms. The molecule has 0 bridgehead atoms. The third-order valence-electron chi connectivity index (χ3n) is 1.05. The van der Waals surface area contributed by atoms with Gasteiger partial charge in [-0.25, -0.2) is 4.39 Å². The van der Waals surface area contributed by atoms with Crippen LogP contribution in [-0.4, -0.2) is 16.9 Å². The number of hydrogen-bond acceptors (Lipinski definition) is 3. The molecular weight excluding hydrogens is 127 g/mol. The third kappa shape index (κ3) is 1.64. The fraction of sp³-hybridized carbons (Fsp3) is 0.800. The van der Waals surface area contributed by atoms with Crippen molar-refractivity contribution in [3.8, 4) is 0 Å². The predicted octanol–water partition coefficient (Wildman–Crippen LogP) is -0.950. The lowest BCUT2D eigenvalue weighted by molar-refractivity contribution is -0.341. The molecule has 4 heteroatoms. The number of aliphatic carboxylic acids is 1. The maximum atomic E-state index is 12.2. The van der Waals surface area contributed by atoms with E-state index in [4.69, 9.17) is 5.11 Å². The zero-order valence-corrected chi connectivity index (χ0v) is 5.22. The first-order valence-corrected chi connectivity index (χ1v) is 2.51. The molecular formula is C5H8FO3-. The van der Waals surface area contributed by atoms with Crippen molar-refractivity contribution < 1.29 is 19.4 Å². The Bertz CT molecular complexity index is 119. The fourth-order valence-electron chi connectivity index (χ4n) is 0.236. The molecule has 0 fully saturated rings. The van der Waals surface area contributed by atoms with E-state index < -0.39 is 17.7 Å². The van der Waals surface area contributed by atoms with Crippen LogP contribution in [0.25, 0.3) is 0 Å². The lowest BCUT2D eigenvalue weighted by Crippen LogP contribution is -2.48. The normalized spacial score (nSPS) is 17.4. The lowest BCUT2D eigenvalue weighted by atomic mass is 10.1. The predicted molar refractivity (Wildman–Crippen MR) is 25.9 cm³/mol. The fourth-order valence-corrected chi connectivity index (χ4v) is 0.236. The number of carboxylic acid groups (broad SMARTS) is 1. The first kappa shape index (κ1) is 8.36. The van der Waals surface area contributed by atoms with Crippen LogP contribution in [-0.2, 0) is 4.79 Å². The minimum Gasteiger partial charge on any atom is -0.544 e. The summed E-state index contributed by atoms with van der Waals surface area (Å²) < 4.78 is 12.2. The van der Waals surface area contributed by atoms with Crippen molar-refractivity contribution in [3.05, 3.63) is 0 Å². The van der Waals surface area contributed by atoms with Gasteiger partial charge in [0.25, 0.3) is 0 Å². The molecule has 0 aliphatic rings. The first-order chi connectivity index (χ1) is 3.89. The molecule has 0 aromatic heterocycles. The molecule has 0 aliphatic heterocycles. The zero-order valence-electron chi connectivity index (χ0n) is 5.22. The largest absolute Gasteiger partial charge is 0.544 e. The van der Waals surface area contributed by atoms with Gasteiger partial charge in [0.2, 0.25) is 5.85 Å².